The van der Waals surface area contributed by atoms with Gasteiger partial charge in [0.05, 0.1) is 11.4 Å². The highest BCUT2D eigenvalue weighted by atomic mass is 32.2. The maximum atomic E-state index is 11.4. The molecule has 0 aromatic heterocycles. The van der Waals surface area contributed by atoms with Crippen LogP contribution < -0.4 is 16.4 Å². The summed E-state index contributed by atoms with van der Waals surface area (Å²) in [6.45, 7) is 2.15. The van der Waals surface area contributed by atoms with Crippen LogP contribution in [0.3, 0.4) is 0 Å². The third-order valence-corrected chi connectivity index (χ3v) is 3.97. The number of carbonyl (C=O) groups is 1. The van der Waals surface area contributed by atoms with Crippen molar-refractivity contribution in [2.24, 2.45) is 0 Å². The summed E-state index contributed by atoms with van der Waals surface area (Å²) in [5, 5.41) is 6.33. The number of carbonyl (C=O) groups excluding carboxylic acids is 1. The molecule has 0 radical (unpaired) electrons. The Hall–Kier alpha value is -1.36. The lowest BCUT2D eigenvalue weighted by molar-refractivity contribution is -0.116. The first kappa shape index (κ1) is 14.1. The first-order chi connectivity index (χ1) is 9.10. The highest BCUT2D eigenvalue weighted by molar-refractivity contribution is 7.98. The molecule has 104 valence electrons. The van der Waals surface area contributed by atoms with Gasteiger partial charge in [-0.15, -0.1) is 0 Å². The summed E-state index contributed by atoms with van der Waals surface area (Å²) < 4.78 is 0. The standard InChI is InChI=1S/C14H21N3OS/c1-9(5-6-19-2)16-13-8-12-10(7-11(13)15)3-4-14(18)17-12/h7-9,16H,3-6,15H2,1-2H3,(H,17,18). The molecule has 1 amide bonds. The molecule has 0 spiro atoms. The molecule has 4 nitrogen and oxygen atoms in total. The normalized spacial score (nSPS) is 15.6. The average Bonchev–Trinajstić information content (AvgIpc) is 2.38. The lowest BCUT2D eigenvalue weighted by atomic mass is 10.0. The third kappa shape index (κ3) is 3.56. The molecule has 5 heteroatoms. The van der Waals surface area contributed by atoms with E-state index in [1.54, 1.807) is 0 Å². The number of nitrogens with two attached hydrogens (primary N) is 1. The van der Waals surface area contributed by atoms with Gasteiger partial charge in [-0.1, -0.05) is 0 Å². The van der Waals surface area contributed by atoms with Gasteiger partial charge in [-0.05, 0) is 49.5 Å². The van der Waals surface area contributed by atoms with Crippen molar-refractivity contribution in [3.63, 3.8) is 0 Å². The number of nitrogens with one attached hydrogen (secondary N) is 2. The number of aryl methyl sites for hydroxylation is 1. The zero-order valence-electron chi connectivity index (χ0n) is 11.5. The zero-order chi connectivity index (χ0) is 13.8. The maximum Gasteiger partial charge on any atom is 0.224 e. The summed E-state index contributed by atoms with van der Waals surface area (Å²) in [6, 6.07) is 4.29. The fourth-order valence-corrected chi connectivity index (χ4v) is 2.79. The number of thioether (sulfide) groups is 1. The van der Waals surface area contributed by atoms with Gasteiger partial charge in [0.1, 0.15) is 0 Å². The van der Waals surface area contributed by atoms with Crippen LogP contribution in [-0.2, 0) is 11.2 Å². The Morgan fingerprint density at radius 2 is 2.26 bits per heavy atom. The second-order valence-corrected chi connectivity index (χ2v) is 5.96. The van der Waals surface area contributed by atoms with Crippen molar-refractivity contribution in [2.45, 2.75) is 32.2 Å². The molecule has 0 saturated carbocycles. The number of hydrogen-bond donors (Lipinski definition) is 3. The number of anilines is 3. The Balaban J connectivity index is 2.12. The Kier molecular flexibility index (Phi) is 4.58. The maximum absolute atomic E-state index is 11.4. The van der Waals surface area contributed by atoms with E-state index in [4.69, 9.17) is 5.73 Å². The van der Waals surface area contributed by atoms with E-state index in [2.05, 4.69) is 23.8 Å². The minimum atomic E-state index is 0.0821. The smallest absolute Gasteiger partial charge is 0.224 e. The van der Waals surface area contributed by atoms with Gasteiger partial charge in [0, 0.05) is 18.2 Å². The fraction of sp³-hybridized carbons (Fsp3) is 0.500. The van der Waals surface area contributed by atoms with Gasteiger partial charge >= 0.3 is 0 Å². The highest BCUT2D eigenvalue weighted by Gasteiger charge is 2.17. The molecular formula is C14H21N3OS. The zero-order valence-corrected chi connectivity index (χ0v) is 12.3. The highest BCUT2D eigenvalue weighted by Crippen LogP contribution is 2.31. The molecule has 1 aliphatic heterocycles. The number of nitrogen functional groups attached to an aromatic ring is 1. The van der Waals surface area contributed by atoms with Gasteiger partial charge in [-0.25, -0.2) is 0 Å². The Morgan fingerprint density at radius 3 is 3.00 bits per heavy atom. The molecule has 1 unspecified atom stereocenters. The monoisotopic (exact) mass is 279 g/mol. The molecule has 1 aromatic carbocycles. The molecule has 0 bridgehead atoms. The molecule has 0 fully saturated rings. The minimum absolute atomic E-state index is 0.0821. The molecule has 0 aliphatic carbocycles. The second-order valence-electron chi connectivity index (χ2n) is 4.97. The molecule has 19 heavy (non-hydrogen) atoms. The van der Waals surface area contributed by atoms with Gasteiger partial charge in [0.25, 0.3) is 0 Å². The van der Waals surface area contributed by atoms with Gasteiger partial charge in [0.2, 0.25) is 5.91 Å². The van der Waals surface area contributed by atoms with Crippen molar-refractivity contribution < 1.29 is 4.79 Å². The molecule has 4 N–H and O–H groups in total. The van der Waals surface area contributed by atoms with Crippen LogP contribution in [0.1, 0.15) is 25.3 Å². The molecule has 1 aromatic rings. The second kappa shape index (κ2) is 6.19. The van der Waals surface area contributed by atoms with Crippen LogP contribution in [0.5, 0.6) is 0 Å². The van der Waals surface area contributed by atoms with E-state index in [9.17, 15) is 4.79 Å². The van der Waals surface area contributed by atoms with Crippen LogP contribution in [0.4, 0.5) is 17.1 Å². The van der Waals surface area contributed by atoms with Crippen molar-refractivity contribution in [3.05, 3.63) is 17.7 Å². The van der Waals surface area contributed by atoms with Crippen molar-refractivity contribution in [1.82, 2.24) is 0 Å². The summed E-state index contributed by atoms with van der Waals surface area (Å²) in [7, 11) is 0. The van der Waals surface area contributed by atoms with Crippen LogP contribution in [0.25, 0.3) is 0 Å². The number of hydrogen-bond acceptors (Lipinski definition) is 4. The van der Waals surface area contributed by atoms with Crippen molar-refractivity contribution in [2.75, 3.05) is 28.4 Å². The summed E-state index contributed by atoms with van der Waals surface area (Å²) >= 11 is 1.84. The minimum Gasteiger partial charge on any atom is -0.397 e. The van der Waals surface area contributed by atoms with E-state index in [0.29, 0.717) is 12.5 Å². The Morgan fingerprint density at radius 1 is 1.47 bits per heavy atom. The third-order valence-electron chi connectivity index (χ3n) is 3.33. The van der Waals surface area contributed by atoms with Crippen LogP contribution >= 0.6 is 11.8 Å². The van der Waals surface area contributed by atoms with E-state index < -0.39 is 0 Å². The van der Waals surface area contributed by atoms with Crippen LogP contribution in [0, 0.1) is 0 Å². The van der Waals surface area contributed by atoms with E-state index >= 15 is 0 Å². The lowest BCUT2D eigenvalue weighted by Crippen LogP contribution is -2.21. The lowest BCUT2D eigenvalue weighted by Gasteiger charge is -2.22. The predicted octanol–water partition coefficient (Wildman–Crippen LogP) is 2.71. The predicted molar refractivity (Wildman–Crippen MR) is 83.9 cm³/mol. The molecular weight excluding hydrogens is 258 g/mol. The molecule has 1 aliphatic rings. The van der Waals surface area contributed by atoms with Crippen molar-refractivity contribution in [3.8, 4) is 0 Å². The first-order valence-corrected chi connectivity index (χ1v) is 7.97. The topological polar surface area (TPSA) is 67.1 Å². The first-order valence-electron chi connectivity index (χ1n) is 6.58. The van der Waals surface area contributed by atoms with Gasteiger partial charge < -0.3 is 16.4 Å². The fourth-order valence-electron chi connectivity index (χ4n) is 2.20. The number of benzene rings is 1. The molecule has 0 saturated heterocycles. The Labute approximate surface area is 118 Å². The van der Waals surface area contributed by atoms with Gasteiger partial charge in [-0.2, -0.15) is 11.8 Å². The van der Waals surface area contributed by atoms with E-state index in [1.165, 1.54) is 0 Å². The quantitative estimate of drug-likeness (QED) is 0.725. The largest absolute Gasteiger partial charge is 0.397 e. The average molecular weight is 279 g/mol. The molecule has 1 heterocycles. The number of fused-ring (bicyclic) bond motifs is 1. The van der Waals surface area contributed by atoms with Crippen molar-refractivity contribution >= 4 is 34.7 Å². The summed E-state index contributed by atoms with van der Waals surface area (Å²) in [5.74, 6) is 1.20. The van der Waals surface area contributed by atoms with E-state index in [1.807, 2.05) is 23.9 Å². The summed E-state index contributed by atoms with van der Waals surface area (Å²) in [5.41, 5.74) is 9.76. The van der Waals surface area contributed by atoms with Crippen molar-refractivity contribution in [1.29, 1.82) is 0 Å². The number of rotatable bonds is 5. The van der Waals surface area contributed by atoms with Gasteiger partial charge in [0.15, 0.2) is 0 Å². The van der Waals surface area contributed by atoms with E-state index in [-0.39, 0.29) is 5.91 Å². The van der Waals surface area contributed by atoms with Crippen LogP contribution in [0.2, 0.25) is 0 Å². The van der Waals surface area contributed by atoms with Crippen LogP contribution in [0.15, 0.2) is 12.1 Å². The summed E-state index contributed by atoms with van der Waals surface area (Å²) in [6.07, 6.45) is 4.51. The Bertz CT molecular complexity index is 476. The van der Waals surface area contributed by atoms with E-state index in [0.717, 1.165) is 41.2 Å². The molecule has 2 rings (SSSR count). The SMILES string of the molecule is CSCCC(C)Nc1cc2c(cc1N)CCC(=O)N2. The van der Waals surface area contributed by atoms with Gasteiger partial charge in [-0.3, -0.25) is 4.79 Å². The number of amides is 1. The molecule has 1 atom stereocenters. The summed E-state index contributed by atoms with van der Waals surface area (Å²) in [4.78, 5) is 11.4. The van der Waals surface area contributed by atoms with Crippen LogP contribution in [-0.4, -0.2) is 24.0 Å².